The minimum atomic E-state index is -0.396. The third-order valence-corrected chi connectivity index (χ3v) is 4.27. The summed E-state index contributed by atoms with van der Waals surface area (Å²) in [5, 5.41) is 16.9. The van der Waals surface area contributed by atoms with E-state index in [1.165, 1.54) is 23.0 Å². The van der Waals surface area contributed by atoms with E-state index in [1.54, 1.807) is 12.1 Å². The molecule has 0 fully saturated rings. The maximum Gasteiger partial charge on any atom is 0.270 e. The number of benzene rings is 2. The van der Waals surface area contributed by atoms with Gasteiger partial charge in [0.05, 0.1) is 16.7 Å². The Balaban J connectivity index is 1.78. The number of hydrogen-bond acceptors (Lipinski definition) is 5. The molecule has 0 unspecified atom stereocenters. The molecule has 3 aromatic rings. The van der Waals surface area contributed by atoms with Crippen molar-refractivity contribution in [1.82, 2.24) is 4.98 Å². The molecule has 116 valence electrons. The predicted molar refractivity (Wildman–Crippen MR) is 92.7 cm³/mol. The van der Waals surface area contributed by atoms with Crippen molar-refractivity contribution in [2.24, 2.45) is 0 Å². The van der Waals surface area contributed by atoms with Crippen molar-refractivity contribution >= 4 is 22.2 Å². The van der Waals surface area contributed by atoms with Crippen molar-refractivity contribution in [3.05, 3.63) is 75.7 Å². The average Bonchev–Trinajstić information content (AvgIpc) is 3.04. The topological polar surface area (TPSA) is 68.1 Å². The molecule has 3 rings (SSSR count). The van der Waals surface area contributed by atoms with Crippen LogP contribution >= 0.6 is 11.3 Å². The number of anilines is 1. The minimum Gasteiger partial charge on any atom is -0.355 e. The number of hydrogen-bond donors (Lipinski definition) is 1. The molecule has 0 radical (unpaired) electrons. The Morgan fingerprint density at radius 3 is 2.70 bits per heavy atom. The fraction of sp³-hybridized carbons (Fsp3) is 0.118. The fourth-order valence-electron chi connectivity index (χ4n) is 2.26. The largest absolute Gasteiger partial charge is 0.355 e. The summed E-state index contributed by atoms with van der Waals surface area (Å²) in [6, 6.07) is 16.8. The highest BCUT2D eigenvalue weighted by Gasteiger charge is 2.11. The SMILES string of the molecule is C[C@@H](Nc1nc(-c2cccc([N+](=O)[O-])c2)cs1)c1ccccc1. The third-order valence-electron chi connectivity index (χ3n) is 3.50. The van der Waals surface area contributed by atoms with Crippen LogP contribution in [0.3, 0.4) is 0 Å². The molecule has 0 saturated heterocycles. The summed E-state index contributed by atoms with van der Waals surface area (Å²) in [6.07, 6.45) is 0. The predicted octanol–water partition coefficient (Wildman–Crippen LogP) is 4.89. The molecule has 23 heavy (non-hydrogen) atoms. The van der Waals surface area contributed by atoms with E-state index in [0.29, 0.717) is 0 Å². The molecule has 5 nitrogen and oxygen atoms in total. The van der Waals surface area contributed by atoms with Gasteiger partial charge in [0.15, 0.2) is 5.13 Å². The Morgan fingerprint density at radius 2 is 1.96 bits per heavy atom. The van der Waals surface area contributed by atoms with Crippen LogP contribution in [0.1, 0.15) is 18.5 Å². The van der Waals surface area contributed by atoms with Crippen molar-refractivity contribution in [3.63, 3.8) is 0 Å². The fourth-order valence-corrected chi connectivity index (χ4v) is 3.07. The highest BCUT2D eigenvalue weighted by Crippen LogP contribution is 2.29. The monoisotopic (exact) mass is 325 g/mol. The zero-order valence-electron chi connectivity index (χ0n) is 12.5. The lowest BCUT2D eigenvalue weighted by atomic mass is 10.1. The molecule has 2 aromatic carbocycles. The van der Waals surface area contributed by atoms with Gasteiger partial charge in [0.2, 0.25) is 0 Å². The van der Waals surface area contributed by atoms with Gasteiger partial charge in [-0.3, -0.25) is 10.1 Å². The van der Waals surface area contributed by atoms with E-state index in [1.807, 2.05) is 29.6 Å². The van der Waals surface area contributed by atoms with E-state index in [4.69, 9.17) is 0 Å². The van der Waals surface area contributed by atoms with E-state index in [-0.39, 0.29) is 11.7 Å². The first-order chi connectivity index (χ1) is 11.1. The highest BCUT2D eigenvalue weighted by atomic mass is 32.1. The van der Waals surface area contributed by atoms with Crippen molar-refractivity contribution in [2.45, 2.75) is 13.0 Å². The van der Waals surface area contributed by atoms with Gasteiger partial charge in [-0.15, -0.1) is 11.3 Å². The molecule has 0 aliphatic rings. The molecule has 1 N–H and O–H groups in total. The Morgan fingerprint density at radius 1 is 1.17 bits per heavy atom. The second-order valence-corrected chi connectivity index (χ2v) is 5.98. The van der Waals surface area contributed by atoms with Gasteiger partial charge in [0.1, 0.15) is 0 Å². The summed E-state index contributed by atoms with van der Waals surface area (Å²) in [7, 11) is 0. The molecule has 1 atom stereocenters. The maximum absolute atomic E-state index is 10.9. The summed E-state index contributed by atoms with van der Waals surface area (Å²) in [5.74, 6) is 0. The minimum absolute atomic E-state index is 0.0719. The average molecular weight is 325 g/mol. The molecule has 0 saturated carbocycles. The Labute approximate surface area is 137 Å². The van der Waals surface area contributed by atoms with Gasteiger partial charge in [0, 0.05) is 23.1 Å². The first-order valence-corrected chi connectivity index (χ1v) is 8.03. The normalized spacial score (nSPS) is 11.9. The summed E-state index contributed by atoms with van der Waals surface area (Å²) in [6.45, 7) is 2.07. The molecule has 6 heteroatoms. The van der Waals surface area contributed by atoms with Crippen LogP contribution < -0.4 is 5.32 Å². The molecule has 0 amide bonds. The van der Waals surface area contributed by atoms with E-state index in [9.17, 15) is 10.1 Å². The number of nitrogens with zero attached hydrogens (tertiary/aromatic N) is 2. The zero-order chi connectivity index (χ0) is 16.2. The van der Waals surface area contributed by atoms with Gasteiger partial charge in [0.25, 0.3) is 5.69 Å². The maximum atomic E-state index is 10.9. The first-order valence-electron chi connectivity index (χ1n) is 7.15. The highest BCUT2D eigenvalue weighted by molar-refractivity contribution is 7.14. The number of rotatable bonds is 5. The molecular formula is C17H15N3O2S. The van der Waals surface area contributed by atoms with Crippen LogP contribution in [0, 0.1) is 10.1 Å². The summed E-state index contributed by atoms with van der Waals surface area (Å²) in [5.41, 5.74) is 2.74. The first kappa shape index (κ1) is 15.2. The lowest BCUT2D eigenvalue weighted by molar-refractivity contribution is -0.384. The van der Waals surface area contributed by atoms with Crippen LogP contribution in [0.5, 0.6) is 0 Å². The molecule has 0 spiro atoms. The van der Waals surface area contributed by atoms with Crippen LogP contribution in [0.25, 0.3) is 11.3 Å². The second-order valence-electron chi connectivity index (χ2n) is 5.12. The standard InChI is InChI=1S/C17H15N3O2S/c1-12(13-6-3-2-4-7-13)18-17-19-16(11-23-17)14-8-5-9-15(10-14)20(21)22/h2-12H,1H3,(H,18,19)/t12-/m1/s1. The number of nitro groups is 1. The van der Waals surface area contributed by atoms with Gasteiger partial charge in [-0.1, -0.05) is 42.5 Å². The number of nitrogens with one attached hydrogen (secondary N) is 1. The van der Waals surface area contributed by atoms with Crippen LogP contribution in [0.15, 0.2) is 60.0 Å². The molecule has 1 aromatic heterocycles. The third kappa shape index (κ3) is 3.54. The number of non-ortho nitro benzene ring substituents is 1. The van der Waals surface area contributed by atoms with Gasteiger partial charge >= 0.3 is 0 Å². The van der Waals surface area contributed by atoms with E-state index in [0.717, 1.165) is 16.4 Å². The van der Waals surface area contributed by atoms with Crippen molar-refractivity contribution in [2.75, 3.05) is 5.32 Å². The van der Waals surface area contributed by atoms with Gasteiger partial charge in [-0.05, 0) is 12.5 Å². The number of aromatic nitrogens is 1. The van der Waals surface area contributed by atoms with Crippen molar-refractivity contribution in [3.8, 4) is 11.3 Å². The van der Waals surface area contributed by atoms with Gasteiger partial charge in [-0.2, -0.15) is 0 Å². The molecular weight excluding hydrogens is 310 g/mol. The molecule has 0 aliphatic carbocycles. The van der Waals surface area contributed by atoms with Gasteiger partial charge in [-0.25, -0.2) is 4.98 Å². The Bertz CT molecular complexity index is 817. The number of thiazole rings is 1. The summed E-state index contributed by atoms with van der Waals surface area (Å²) >= 11 is 1.49. The Hall–Kier alpha value is -2.73. The number of nitro benzene ring substituents is 1. The van der Waals surface area contributed by atoms with Crippen molar-refractivity contribution < 1.29 is 4.92 Å². The smallest absolute Gasteiger partial charge is 0.270 e. The lowest BCUT2D eigenvalue weighted by Gasteiger charge is -2.12. The Kier molecular flexibility index (Phi) is 4.34. The summed E-state index contributed by atoms with van der Waals surface area (Å²) in [4.78, 5) is 15.0. The summed E-state index contributed by atoms with van der Waals surface area (Å²) < 4.78 is 0. The molecule has 0 aliphatic heterocycles. The quantitative estimate of drug-likeness (QED) is 0.535. The lowest BCUT2D eigenvalue weighted by Crippen LogP contribution is -2.05. The zero-order valence-corrected chi connectivity index (χ0v) is 13.3. The van der Waals surface area contributed by atoms with Crippen LogP contribution in [-0.2, 0) is 0 Å². The van der Waals surface area contributed by atoms with E-state index in [2.05, 4.69) is 29.4 Å². The van der Waals surface area contributed by atoms with Crippen LogP contribution in [0.4, 0.5) is 10.8 Å². The van der Waals surface area contributed by atoms with E-state index >= 15 is 0 Å². The van der Waals surface area contributed by atoms with Gasteiger partial charge < -0.3 is 5.32 Å². The molecule has 0 bridgehead atoms. The van der Waals surface area contributed by atoms with Crippen LogP contribution in [-0.4, -0.2) is 9.91 Å². The van der Waals surface area contributed by atoms with Crippen LogP contribution in [0.2, 0.25) is 0 Å². The van der Waals surface area contributed by atoms with Crippen molar-refractivity contribution in [1.29, 1.82) is 0 Å². The molecule has 1 heterocycles. The van der Waals surface area contributed by atoms with E-state index < -0.39 is 4.92 Å². The second kappa shape index (κ2) is 6.58.